The number of Topliss-reactive ketones (excluding diaryl/α,β-unsaturated/α-hetero) is 1. The number of ketones is 1. The third-order valence-electron chi connectivity index (χ3n) is 5.94. The predicted octanol–water partition coefficient (Wildman–Crippen LogP) is 2.85. The molecule has 7 nitrogen and oxygen atoms in total. The van der Waals surface area contributed by atoms with Gasteiger partial charge in [-0.25, -0.2) is 4.98 Å². The van der Waals surface area contributed by atoms with Crippen LogP contribution in [0.5, 0.6) is 5.75 Å². The van der Waals surface area contributed by atoms with Gasteiger partial charge in [-0.3, -0.25) is 4.79 Å². The van der Waals surface area contributed by atoms with Crippen LogP contribution in [-0.4, -0.2) is 63.8 Å². The number of aliphatic hydroxyl groups excluding tert-OH is 1. The van der Waals surface area contributed by atoms with Crippen LogP contribution in [0.4, 0.5) is 0 Å². The molecule has 0 spiro atoms. The Hall–Kier alpha value is -2.32. The van der Waals surface area contributed by atoms with Gasteiger partial charge in [-0.2, -0.15) is 0 Å². The van der Waals surface area contributed by atoms with Gasteiger partial charge >= 0.3 is 0 Å². The van der Waals surface area contributed by atoms with Crippen molar-refractivity contribution in [2.24, 2.45) is 5.92 Å². The number of nitrogens with zero attached hydrogens (tertiary/aromatic N) is 2. The summed E-state index contributed by atoms with van der Waals surface area (Å²) in [6.45, 7) is 6.95. The molecule has 0 saturated heterocycles. The number of rotatable bonds is 12. The third-order valence-corrected chi connectivity index (χ3v) is 5.94. The van der Waals surface area contributed by atoms with Gasteiger partial charge in [-0.1, -0.05) is 19.9 Å². The minimum atomic E-state index is -1.41. The lowest BCUT2D eigenvalue weighted by molar-refractivity contribution is -0.138. The van der Waals surface area contributed by atoms with Gasteiger partial charge < -0.3 is 25.5 Å². The number of pyridine rings is 1. The van der Waals surface area contributed by atoms with Crippen molar-refractivity contribution in [1.82, 2.24) is 15.2 Å². The van der Waals surface area contributed by atoms with E-state index in [0.29, 0.717) is 32.5 Å². The summed E-state index contributed by atoms with van der Waals surface area (Å²) in [5.41, 5.74) is 1.86. The zero-order valence-corrected chi connectivity index (χ0v) is 19.9. The molecule has 0 radical (unpaired) electrons. The smallest absolute Gasteiger partial charge is 0.161 e. The molecule has 176 valence electrons. The Morgan fingerprint density at radius 3 is 2.66 bits per heavy atom. The van der Waals surface area contributed by atoms with Gasteiger partial charge in [-0.15, -0.1) is 0 Å². The maximum Gasteiger partial charge on any atom is 0.161 e. The van der Waals surface area contributed by atoms with Gasteiger partial charge in [-0.05, 0) is 70.2 Å². The standard InChI is InChI=1S/C25H37N3O4/c1-6-25(32,18(3)30)17(2)8-9-22-19(15-26-12-7-13-29)14-20-21(16-28(4)5)24(31)11-10-23(20)27-22/h8-11,14,17,26,29,31-32H,6-7,12-13,15-16H2,1-5H3/b9-8+. The van der Waals surface area contributed by atoms with Crippen molar-refractivity contribution in [3.05, 3.63) is 41.1 Å². The average Bonchev–Trinajstić information content (AvgIpc) is 2.76. The molecule has 0 saturated carbocycles. The maximum absolute atomic E-state index is 12.0. The first kappa shape index (κ1) is 25.9. The number of carbonyl (C=O) groups excluding carboxylic acids is 1. The van der Waals surface area contributed by atoms with Crippen LogP contribution < -0.4 is 5.32 Å². The Morgan fingerprint density at radius 1 is 1.34 bits per heavy atom. The number of phenolic OH excluding ortho intramolecular Hbond substituents is 1. The number of hydrogen-bond donors (Lipinski definition) is 4. The highest BCUT2D eigenvalue weighted by Crippen LogP contribution is 2.30. The van der Waals surface area contributed by atoms with Gasteiger partial charge in [0.1, 0.15) is 11.4 Å². The number of nitrogens with one attached hydrogen (secondary N) is 1. The molecule has 1 aromatic heterocycles. The molecule has 0 aliphatic carbocycles. The van der Waals surface area contributed by atoms with E-state index in [2.05, 4.69) is 5.32 Å². The summed E-state index contributed by atoms with van der Waals surface area (Å²) < 4.78 is 0. The monoisotopic (exact) mass is 443 g/mol. The van der Waals surface area contributed by atoms with Crippen LogP contribution in [-0.2, 0) is 17.9 Å². The normalized spacial score (nSPS) is 14.9. The molecular formula is C25H37N3O4. The highest BCUT2D eigenvalue weighted by atomic mass is 16.3. The highest BCUT2D eigenvalue weighted by Gasteiger charge is 2.35. The molecule has 0 aliphatic rings. The number of hydrogen-bond acceptors (Lipinski definition) is 7. The van der Waals surface area contributed by atoms with Gasteiger partial charge in [0.15, 0.2) is 5.78 Å². The second-order valence-electron chi connectivity index (χ2n) is 8.64. The quantitative estimate of drug-likeness (QED) is 0.374. The minimum absolute atomic E-state index is 0.120. The lowest BCUT2D eigenvalue weighted by Crippen LogP contribution is -2.42. The van der Waals surface area contributed by atoms with Gasteiger partial charge in [0.05, 0.1) is 11.2 Å². The van der Waals surface area contributed by atoms with Crippen molar-refractivity contribution in [2.45, 2.75) is 52.3 Å². The number of aromatic nitrogens is 1. The number of carbonyl (C=O) groups is 1. The summed E-state index contributed by atoms with van der Waals surface area (Å²) in [5.74, 6) is -0.390. The zero-order chi connectivity index (χ0) is 23.9. The predicted molar refractivity (Wildman–Crippen MR) is 128 cm³/mol. The molecule has 4 N–H and O–H groups in total. The second-order valence-corrected chi connectivity index (χ2v) is 8.64. The summed E-state index contributed by atoms with van der Waals surface area (Å²) in [6, 6.07) is 5.49. The molecule has 0 bridgehead atoms. The van der Waals surface area contributed by atoms with E-state index in [0.717, 1.165) is 27.7 Å². The van der Waals surface area contributed by atoms with Crippen LogP contribution in [0.15, 0.2) is 24.3 Å². The van der Waals surface area contributed by atoms with E-state index in [9.17, 15) is 15.0 Å². The molecule has 2 rings (SSSR count). The third kappa shape index (κ3) is 6.13. The second kappa shape index (κ2) is 11.5. The molecule has 7 heteroatoms. The first-order valence-electron chi connectivity index (χ1n) is 11.2. The SMILES string of the molecule is CCC(O)(C(C)=O)C(C)/C=C/c1nc2ccc(O)c(CN(C)C)c2cc1CNCCCO. The van der Waals surface area contributed by atoms with Gasteiger partial charge in [0.2, 0.25) is 0 Å². The topological polar surface area (TPSA) is 106 Å². The van der Waals surface area contributed by atoms with E-state index >= 15 is 0 Å². The molecule has 32 heavy (non-hydrogen) atoms. The van der Waals surface area contributed by atoms with E-state index < -0.39 is 5.60 Å². The molecule has 2 unspecified atom stereocenters. The minimum Gasteiger partial charge on any atom is -0.508 e. The van der Waals surface area contributed by atoms with E-state index in [1.165, 1.54) is 6.92 Å². The lowest BCUT2D eigenvalue weighted by Gasteiger charge is -2.28. The number of aromatic hydroxyl groups is 1. The first-order chi connectivity index (χ1) is 15.1. The van der Waals surface area contributed by atoms with E-state index in [-0.39, 0.29) is 24.1 Å². The van der Waals surface area contributed by atoms with Crippen LogP contribution in [0.25, 0.3) is 17.0 Å². The van der Waals surface area contributed by atoms with Crippen LogP contribution in [0.3, 0.4) is 0 Å². The number of fused-ring (bicyclic) bond motifs is 1. The van der Waals surface area contributed by atoms with Gasteiger partial charge in [0, 0.05) is 36.6 Å². The molecule has 0 fully saturated rings. The number of phenols is 1. The largest absolute Gasteiger partial charge is 0.508 e. The van der Waals surface area contributed by atoms with E-state index in [1.54, 1.807) is 19.1 Å². The van der Waals surface area contributed by atoms with Crippen LogP contribution >= 0.6 is 0 Å². The Balaban J connectivity index is 2.52. The Bertz CT molecular complexity index is 958. The fourth-order valence-electron chi connectivity index (χ4n) is 3.83. The zero-order valence-electron chi connectivity index (χ0n) is 19.9. The van der Waals surface area contributed by atoms with E-state index in [1.807, 2.05) is 44.1 Å². The van der Waals surface area contributed by atoms with Crippen molar-refractivity contribution in [3.8, 4) is 5.75 Å². The Labute approximate surface area is 190 Å². The first-order valence-corrected chi connectivity index (χ1v) is 11.2. The highest BCUT2D eigenvalue weighted by molar-refractivity contribution is 5.87. The van der Waals surface area contributed by atoms with Gasteiger partial charge in [0.25, 0.3) is 0 Å². The van der Waals surface area contributed by atoms with Crippen molar-refractivity contribution < 1.29 is 20.1 Å². The molecular weight excluding hydrogens is 406 g/mol. The fourth-order valence-corrected chi connectivity index (χ4v) is 3.83. The number of benzene rings is 1. The Kier molecular flexibility index (Phi) is 9.33. The summed E-state index contributed by atoms with van der Waals surface area (Å²) in [6.07, 6.45) is 4.67. The molecule has 1 heterocycles. The summed E-state index contributed by atoms with van der Waals surface area (Å²) in [5, 5.41) is 34.4. The average molecular weight is 444 g/mol. The molecule has 2 atom stereocenters. The molecule has 2 aromatic rings. The fraction of sp³-hybridized carbons (Fsp3) is 0.520. The van der Waals surface area contributed by atoms with Crippen LogP contribution in [0.1, 0.15) is 50.4 Å². The van der Waals surface area contributed by atoms with Crippen molar-refractivity contribution >= 4 is 22.8 Å². The van der Waals surface area contributed by atoms with Crippen LogP contribution in [0, 0.1) is 5.92 Å². The molecule has 0 aliphatic heterocycles. The summed E-state index contributed by atoms with van der Waals surface area (Å²) in [4.78, 5) is 18.8. The molecule has 1 aromatic carbocycles. The van der Waals surface area contributed by atoms with E-state index in [4.69, 9.17) is 10.1 Å². The lowest BCUT2D eigenvalue weighted by atomic mass is 9.83. The van der Waals surface area contributed by atoms with Crippen molar-refractivity contribution in [2.75, 3.05) is 27.2 Å². The maximum atomic E-state index is 12.0. The Morgan fingerprint density at radius 2 is 2.06 bits per heavy atom. The van der Waals surface area contributed by atoms with Crippen molar-refractivity contribution in [3.63, 3.8) is 0 Å². The van der Waals surface area contributed by atoms with Crippen molar-refractivity contribution in [1.29, 1.82) is 0 Å². The summed E-state index contributed by atoms with van der Waals surface area (Å²) in [7, 11) is 3.90. The molecule has 0 amide bonds. The van der Waals surface area contributed by atoms with Crippen LogP contribution in [0.2, 0.25) is 0 Å². The number of aliphatic hydroxyl groups is 2. The summed E-state index contributed by atoms with van der Waals surface area (Å²) >= 11 is 0.